The molecule has 1 aliphatic carbocycles. The third kappa shape index (κ3) is 4.20. The predicted molar refractivity (Wildman–Crippen MR) is 109 cm³/mol. The summed E-state index contributed by atoms with van der Waals surface area (Å²) in [6.45, 7) is -0.106. The van der Waals surface area contributed by atoms with Gasteiger partial charge in [0.15, 0.2) is 0 Å². The van der Waals surface area contributed by atoms with Crippen LogP contribution in [0.1, 0.15) is 34.2 Å². The zero-order valence-electron chi connectivity index (χ0n) is 16.1. The van der Waals surface area contributed by atoms with Gasteiger partial charge in [0.25, 0.3) is 9.84 Å². The van der Waals surface area contributed by atoms with Crippen LogP contribution in [0, 0.1) is 5.92 Å². The molecule has 156 valence electrons. The maximum Gasteiger partial charge on any atom is 0.425 e. The van der Waals surface area contributed by atoms with Crippen molar-refractivity contribution in [1.29, 1.82) is 0 Å². The molecule has 30 heavy (non-hydrogen) atoms. The van der Waals surface area contributed by atoms with Crippen LogP contribution in [0.4, 0.5) is 4.79 Å². The second kappa shape index (κ2) is 8.27. The number of nitrogens with zero attached hydrogens (tertiary/aromatic N) is 1. The molecule has 2 aromatic carbocycles. The van der Waals surface area contributed by atoms with Crippen LogP contribution in [0.3, 0.4) is 0 Å². The van der Waals surface area contributed by atoms with Gasteiger partial charge in [-0.25, -0.2) is 23.1 Å². The van der Waals surface area contributed by atoms with Gasteiger partial charge in [0.05, 0.1) is 5.25 Å². The lowest BCUT2D eigenvalue weighted by molar-refractivity contribution is 0.165. The van der Waals surface area contributed by atoms with Crippen molar-refractivity contribution >= 4 is 15.1 Å². The highest BCUT2D eigenvalue weighted by atomic mass is 32.2. The number of fused-ring (bicyclic) bond motifs is 1. The molecule has 9 heteroatoms. The minimum absolute atomic E-state index is 0.0967. The lowest BCUT2D eigenvalue weighted by Crippen LogP contribution is -2.30. The summed E-state index contributed by atoms with van der Waals surface area (Å²) in [4.78, 5) is 27.7. The molecule has 0 spiro atoms. The molecule has 0 fully saturated rings. The maximum atomic E-state index is 13.1. The monoisotopic (exact) mass is 427 g/mol. The first-order valence-corrected chi connectivity index (χ1v) is 11.1. The Kier molecular flexibility index (Phi) is 5.54. The Balaban J connectivity index is 1.56. The summed E-state index contributed by atoms with van der Waals surface area (Å²) < 4.78 is 31.4. The number of aromatic amines is 2. The van der Waals surface area contributed by atoms with Gasteiger partial charge in [-0.05, 0) is 35.4 Å². The van der Waals surface area contributed by atoms with Crippen molar-refractivity contribution in [2.24, 2.45) is 5.92 Å². The van der Waals surface area contributed by atoms with Crippen LogP contribution in [0.5, 0.6) is 0 Å². The van der Waals surface area contributed by atoms with Gasteiger partial charge in [0.1, 0.15) is 12.4 Å². The highest BCUT2D eigenvalue weighted by Gasteiger charge is 2.41. The number of carbonyl (C=O) groups excluding carboxylic acids is 1. The fourth-order valence-corrected chi connectivity index (χ4v) is 5.44. The Morgan fingerprint density at radius 2 is 1.80 bits per heavy atom. The first-order valence-electron chi connectivity index (χ1n) is 9.59. The van der Waals surface area contributed by atoms with Crippen molar-refractivity contribution in [2.45, 2.75) is 31.1 Å². The number of hydrogen-bond donors (Lipinski definition) is 2. The molecule has 0 saturated carbocycles. The van der Waals surface area contributed by atoms with E-state index in [4.69, 9.17) is 4.74 Å². The summed E-state index contributed by atoms with van der Waals surface area (Å²) >= 11 is 0. The topological polar surface area (TPSA) is 122 Å². The van der Waals surface area contributed by atoms with E-state index in [0.717, 1.165) is 5.56 Å². The molecular weight excluding hydrogens is 406 g/mol. The van der Waals surface area contributed by atoms with Gasteiger partial charge in [0, 0.05) is 6.42 Å². The van der Waals surface area contributed by atoms with Crippen LogP contribution in [-0.2, 0) is 34.0 Å². The first kappa shape index (κ1) is 20.1. The fraction of sp³-hybridized carbons (Fsp3) is 0.286. The Hall–Kier alpha value is -3.20. The molecule has 0 radical (unpaired) electrons. The van der Waals surface area contributed by atoms with Crippen LogP contribution in [0.25, 0.3) is 0 Å². The largest absolute Gasteiger partial charge is 0.449 e. The molecule has 2 atom stereocenters. The minimum atomic E-state index is -4.23. The van der Waals surface area contributed by atoms with E-state index in [1.165, 1.54) is 0 Å². The standard InChI is InChI=1S/C21H21N3O5S/c25-20-22-19(23-24-20)12-15-10-16-8-4-5-9-17(16)18(11-15)30(27,28)21(26)29-13-14-6-2-1-3-7-14/h1-9,15,18H,10-13H2,(H2,22,23,24,25)/t15-,18?/m1/s1. The van der Waals surface area contributed by atoms with E-state index in [-0.39, 0.29) is 18.9 Å². The van der Waals surface area contributed by atoms with E-state index in [1.807, 2.05) is 18.2 Å². The van der Waals surface area contributed by atoms with Crippen LogP contribution >= 0.6 is 0 Å². The number of ether oxygens (including phenoxy) is 1. The van der Waals surface area contributed by atoms with Gasteiger partial charge >= 0.3 is 11.0 Å². The molecule has 0 amide bonds. The zero-order chi connectivity index (χ0) is 21.1. The Bertz CT molecular complexity index is 1200. The van der Waals surface area contributed by atoms with Gasteiger partial charge in [-0.3, -0.25) is 5.10 Å². The van der Waals surface area contributed by atoms with Gasteiger partial charge in [0.2, 0.25) is 0 Å². The second-order valence-corrected chi connectivity index (χ2v) is 9.37. The average molecular weight is 427 g/mol. The van der Waals surface area contributed by atoms with Gasteiger partial charge in [-0.15, -0.1) is 0 Å². The van der Waals surface area contributed by atoms with Gasteiger partial charge < -0.3 is 4.74 Å². The van der Waals surface area contributed by atoms with E-state index in [0.29, 0.717) is 29.8 Å². The minimum Gasteiger partial charge on any atom is -0.449 e. The Morgan fingerprint density at radius 1 is 1.07 bits per heavy atom. The van der Waals surface area contributed by atoms with Crippen molar-refractivity contribution in [1.82, 2.24) is 15.2 Å². The second-order valence-electron chi connectivity index (χ2n) is 7.38. The van der Waals surface area contributed by atoms with Crippen molar-refractivity contribution < 1.29 is 17.9 Å². The molecule has 3 aromatic rings. The first-order chi connectivity index (χ1) is 14.4. The predicted octanol–water partition coefficient (Wildman–Crippen LogP) is 2.70. The molecule has 0 bridgehead atoms. The van der Waals surface area contributed by atoms with E-state index >= 15 is 0 Å². The summed E-state index contributed by atoms with van der Waals surface area (Å²) in [6.07, 6.45) is 1.28. The number of rotatable bonds is 5. The maximum absolute atomic E-state index is 13.1. The molecule has 1 aromatic heterocycles. The van der Waals surface area contributed by atoms with Gasteiger partial charge in [-0.1, -0.05) is 54.6 Å². The number of carbonyl (C=O) groups is 1. The molecular formula is C21H21N3O5S. The molecule has 2 N–H and O–H groups in total. The normalized spacial score (nSPS) is 18.5. The number of sulfone groups is 1. The molecule has 0 aliphatic heterocycles. The molecule has 1 aliphatic rings. The van der Waals surface area contributed by atoms with E-state index in [9.17, 15) is 18.0 Å². The number of H-pyrrole nitrogens is 2. The smallest absolute Gasteiger partial charge is 0.425 e. The van der Waals surface area contributed by atoms with E-state index in [1.54, 1.807) is 36.4 Å². The summed E-state index contributed by atoms with van der Waals surface area (Å²) in [5.74, 6) is 0.368. The van der Waals surface area contributed by atoms with Crippen LogP contribution in [0.15, 0.2) is 59.4 Å². The van der Waals surface area contributed by atoms with Crippen molar-refractivity contribution in [2.75, 3.05) is 0 Å². The van der Waals surface area contributed by atoms with Crippen LogP contribution < -0.4 is 5.69 Å². The molecule has 1 unspecified atom stereocenters. The number of nitrogens with one attached hydrogen (secondary N) is 2. The van der Waals surface area contributed by atoms with E-state index in [2.05, 4.69) is 15.2 Å². The molecule has 4 rings (SSSR count). The lowest BCUT2D eigenvalue weighted by atomic mass is 9.82. The fourth-order valence-electron chi connectivity index (χ4n) is 3.90. The Labute approximate surface area is 173 Å². The summed E-state index contributed by atoms with van der Waals surface area (Å²) in [5, 5.41) is 2.87. The number of aromatic nitrogens is 3. The third-order valence-corrected chi connectivity index (χ3v) is 7.07. The highest BCUT2D eigenvalue weighted by molar-refractivity contribution is 8.05. The van der Waals surface area contributed by atoms with Crippen molar-refractivity contribution in [3.63, 3.8) is 0 Å². The lowest BCUT2D eigenvalue weighted by Gasteiger charge is -2.30. The third-order valence-electron chi connectivity index (χ3n) is 5.30. The van der Waals surface area contributed by atoms with Crippen molar-refractivity contribution in [3.8, 4) is 0 Å². The highest BCUT2D eigenvalue weighted by Crippen LogP contribution is 2.40. The SMILES string of the molecule is O=C(OCc1ccccc1)S(=O)(=O)C1C[C@H](Cc2nc(=O)[nH][nH]2)Cc2ccccc21. The zero-order valence-corrected chi connectivity index (χ0v) is 16.9. The molecule has 0 saturated heterocycles. The van der Waals surface area contributed by atoms with E-state index < -0.39 is 26.1 Å². The van der Waals surface area contributed by atoms with Crippen LogP contribution in [0.2, 0.25) is 0 Å². The quantitative estimate of drug-likeness (QED) is 0.604. The summed E-state index contributed by atoms with van der Waals surface area (Å²) in [6, 6.07) is 16.2. The number of benzene rings is 2. The van der Waals surface area contributed by atoms with Crippen LogP contribution in [-0.4, -0.2) is 28.9 Å². The summed E-state index contributed by atoms with van der Waals surface area (Å²) in [5.41, 5.74) is 1.73. The number of hydrogen-bond acceptors (Lipinski definition) is 6. The average Bonchev–Trinajstić information content (AvgIpc) is 3.16. The molecule has 8 nitrogen and oxygen atoms in total. The Morgan fingerprint density at radius 3 is 2.53 bits per heavy atom. The summed E-state index contributed by atoms with van der Waals surface area (Å²) in [7, 11) is -4.23. The van der Waals surface area contributed by atoms with Crippen molar-refractivity contribution in [3.05, 3.63) is 87.6 Å². The molecule has 1 heterocycles. The van der Waals surface area contributed by atoms with Gasteiger partial charge in [-0.2, -0.15) is 4.98 Å².